The second-order valence-electron chi connectivity index (χ2n) is 8.67. The Hall–Kier alpha value is -4.59. The Labute approximate surface area is 214 Å². The van der Waals surface area contributed by atoms with Crippen LogP contribution >= 0.6 is 0 Å². The molecule has 2 atom stereocenters. The average molecular weight is 497 g/mol. The van der Waals surface area contributed by atoms with Crippen molar-refractivity contribution in [2.75, 3.05) is 19.0 Å². The molecule has 1 aromatic heterocycles. The van der Waals surface area contributed by atoms with Crippen LogP contribution in [-0.2, 0) is 4.79 Å². The van der Waals surface area contributed by atoms with Gasteiger partial charge in [0.05, 0.1) is 36.7 Å². The molecule has 186 valence electrons. The number of rotatable bonds is 5. The predicted octanol–water partition coefficient (Wildman–Crippen LogP) is 2.57. The number of carbonyl (C=O) groups excluding carboxylic acids is 2. The molecule has 1 aromatic carbocycles. The maximum absolute atomic E-state index is 13.4. The largest absolute Gasteiger partial charge is 0.497 e. The smallest absolute Gasteiger partial charge is 0.299 e. The highest BCUT2D eigenvalue weighted by molar-refractivity contribution is 6.13. The zero-order chi connectivity index (χ0) is 26.0. The molecule has 0 bridgehead atoms. The predicted molar refractivity (Wildman–Crippen MR) is 139 cm³/mol. The first-order valence-corrected chi connectivity index (χ1v) is 11.8. The number of hydrogen-bond donors (Lipinski definition) is 2. The number of nitrogens with zero attached hydrogens (tertiary/aromatic N) is 5. The van der Waals surface area contributed by atoms with Gasteiger partial charge in [0.25, 0.3) is 17.6 Å². The van der Waals surface area contributed by atoms with E-state index in [1.165, 1.54) is 0 Å². The van der Waals surface area contributed by atoms with Crippen LogP contribution in [0.3, 0.4) is 0 Å². The number of pyridine rings is 1. The van der Waals surface area contributed by atoms with Crippen LogP contribution in [0.4, 0.5) is 5.82 Å². The number of fused-ring (bicyclic) bond motifs is 1. The lowest BCUT2D eigenvalue weighted by Crippen LogP contribution is -2.53. The van der Waals surface area contributed by atoms with E-state index in [1.54, 1.807) is 74.1 Å². The second-order valence-corrected chi connectivity index (χ2v) is 8.67. The number of anilines is 1. The van der Waals surface area contributed by atoms with E-state index in [4.69, 9.17) is 15.6 Å². The highest BCUT2D eigenvalue weighted by Crippen LogP contribution is 2.37. The van der Waals surface area contributed by atoms with Gasteiger partial charge in [-0.3, -0.25) is 14.6 Å². The molecule has 10 heteroatoms. The molecule has 0 aliphatic carbocycles. The van der Waals surface area contributed by atoms with Crippen LogP contribution in [0.5, 0.6) is 5.75 Å². The van der Waals surface area contributed by atoms with E-state index < -0.39 is 0 Å². The van der Waals surface area contributed by atoms with Crippen LogP contribution in [0.25, 0.3) is 0 Å². The van der Waals surface area contributed by atoms with Crippen molar-refractivity contribution in [1.29, 1.82) is 0 Å². The summed E-state index contributed by atoms with van der Waals surface area (Å²) >= 11 is 0. The SMILES string of the molecule is CC#CC(=O)N1CCCC1C1=C2C=NC=C[N+]2(N)C(c2ccccc2C(=O)Nc2cc(OC)ccn2)=N1. The molecule has 37 heavy (non-hydrogen) atoms. The molecule has 0 spiro atoms. The number of amidine groups is 1. The summed E-state index contributed by atoms with van der Waals surface area (Å²) in [5, 5.41) is 2.82. The second kappa shape index (κ2) is 9.81. The van der Waals surface area contributed by atoms with Gasteiger partial charge in [0.15, 0.2) is 0 Å². The summed E-state index contributed by atoms with van der Waals surface area (Å²) in [4.78, 5) is 41.3. The molecule has 0 saturated carbocycles. The summed E-state index contributed by atoms with van der Waals surface area (Å²) in [5.74, 6) is 13.0. The fraction of sp³-hybridized carbons (Fsp3) is 0.222. The maximum Gasteiger partial charge on any atom is 0.299 e. The first-order chi connectivity index (χ1) is 18.0. The molecule has 1 fully saturated rings. The van der Waals surface area contributed by atoms with E-state index in [2.05, 4.69) is 27.1 Å². The van der Waals surface area contributed by atoms with Crippen molar-refractivity contribution in [2.45, 2.75) is 25.8 Å². The molecule has 5 rings (SSSR count). The van der Waals surface area contributed by atoms with E-state index in [0.29, 0.717) is 46.5 Å². The molecule has 3 N–H and O–H groups in total. The van der Waals surface area contributed by atoms with Crippen LogP contribution in [0.1, 0.15) is 35.7 Å². The van der Waals surface area contributed by atoms with E-state index >= 15 is 0 Å². The quantitative estimate of drug-likeness (QED) is 0.374. The molecular weight excluding hydrogens is 470 g/mol. The van der Waals surface area contributed by atoms with Gasteiger partial charge in [0.2, 0.25) is 5.70 Å². The number of hydrogen-bond acceptors (Lipinski definition) is 7. The number of aromatic nitrogens is 1. The minimum atomic E-state index is -0.369. The molecule has 2 unspecified atom stereocenters. The van der Waals surface area contributed by atoms with Crippen LogP contribution in [-0.4, -0.2) is 58.0 Å². The van der Waals surface area contributed by atoms with Crippen molar-refractivity contribution < 1.29 is 18.9 Å². The number of quaternary nitrogens is 1. The zero-order valence-corrected chi connectivity index (χ0v) is 20.5. The number of ether oxygens (including phenoxy) is 1. The lowest BCUT2D eigenvalue weighted by atomic mass is 10.0. The average Bonchev–Trinajstić information content (AvgIpc) is 3.51. The van der Waals surface area contributed by atoms with Gasteiger partial charge in [-0.05, 0) is 43.9 Å². The van der Waals surface area contributed by atoms with Gasteiger partial charge in [-0.15, -0.1) is 4.59 Å². The number of carbonyl (C=O) groups is 2. The molecule has 3 aliphatic rings. The number of aliphatic imine (C=N–C) groups is 2. The summed E-state index contributed by atoms with van der Waals surface area (Å²) in [6.07, 6.45) is 8.10. The summed E-state index contributed by atoms with van der Waals surface area (Å²) in [6.45, 7) is 2.23. The van der Waals surface area contributed by atoms with Gasteiger partial charge in [-0.25, -0.2) is 4.98 Å². The first-order valence-electron chi connectivity index (χ1n) is 11.8. The van der Waals surface area contributed by atoms with Crippen molar-refractivity contribution in [1.82, 2.24) is 9.88 Å². The van der Waals surface area contributed by atoms with Crippen LogP contribution < -0.4 is 15.9 Å². The summed E-state index contributed by atoms with van der Waals surface area (Å²) in [6, 6.07) is 10.2. The van der Waals surface area contributed by atoms with Crippen LogP contribution in [0.2, 0.25) is 0 Å². The number of nitrogens with one attached hydrogen (secondary N) is 1. The van der Waals surface area contributed by atoms with Crippen molar-refractivity contribution in [3.05, 3.63) is 77.5 Å². The van der Waals surface area contributed by atoms with Gasteiger partial charge >= 0.3 is 0 Å². The Morgan fingerprint density at radius 3 is 2.92 bits per heavy atom. The van der Waals surface area contributed by atoms with Gasteiger partial charge in [-0.2, -0.15) is 10.8 Å². The van der Waals surface area contributed by atoms with Crippen molar-refractivity contribution in [3.63, 3.8) is 0 Å². The van der Waals surface area contributed by atoms with Gasteiger partial charge in [0.1, 0.15) is 23.5 Å². The molecule has 4 heterocycles. The van der Waals surface area contributed by atoms with Gasteiger partial charge < -0.3 is 15.0 Å². The molecule has 2 amide bonds. The minimum absolute atomic E-state index is 0.245. The number of benzene rings is 1. The Bertz CT molecular complexity index is 1460. The van der Waals surface area contributed by atoms with Crippen molar-refractivity contribution >= 4 is 29.7 Å². The third-order valence-electron chi connectivity index (χ3n) is 6.51. The topological polar surface area (TPSA) is 122 Å². The van der Waals surface area contributed by atoms with E-state index in [1.807, 2.05) is 6.07 Å². The van der Waals surface area contributed by atoms with Gasteiger partial charge in [0, 0.05) is 18.8 Å². The maximum atomic E-state index is 13.4. The molecule has 3 aliphatic heterocycles. The number of allylic oxidation sites excluding steroid dienone is 1. The number of likely N-dealkylation sites (tertiary alicyclic amines) is 1. The van der Waals surface area contributed by atoms with Crippen LogP contribution in [0, 0.1) is 11.8 Å². The molecule has 1 saturated heterocycles. The fourth-order valence-electron chi connectivity index (χ4n) is 4.77. The standard InChI is InChI=1S/C27H25N7O3/c1-3-7-24(35)33-14-6-10-21(33)25-22-17-29-13-15-34(22,28)26(32-25)19-8-4-5-9-20(19)27(36)31-23-16-18(37-2)11-12-30-23/h4-5,8-9,11-13,15-17,21H,6,10,14,28H2,1-2H3/p+1. The third-order valence-corrected chi connectivity index (χ3v) is 6.51. The van der Waals surface area contributed by atoms with E-state index in [-0.39, 0.29) is 22.4 Å². The highest BCUT2D eigenvalue weighted by Gasteiger charge is 2.48. The van der Waals surface area contributed by atoms with Crippen molar-refractivity contribution in [3.8, 4) is 17.6 Å². The first kappa shape index (κ1) is 24.1. The fourth-order valence-corrected chi connectivity index (χ4v) is 4.77. The normalized spacial score (nSPS) is 21.8. The number of amides is 2. The molecule has 10 nitrogen and oxygen atoms in total. The van der Waals surface area contributed by atoms with Crippen molar-refractivity contribution in [2.24, 2.45) is 15.8 Å². The summed E-state index contributed by atoms with van der Waals surface area (Å²) in [5.41, 5.74) is 2.24. The number of methoxy groups -OCH3 is 1. The third kappa shape index (κ3) is 4.31. The zero-order valence-electron chi connectivity index (χ0n) is 20.5. The highest BCUT2D eigenvalue weighted by atomic mass is 16.5. The lowest BCUT2D eigenvalue weighted by Gasteiger charge is -2.28. The molecular formula is C27H26N7O3+. The van der Waals surface area contributed by atoms with E-state index in [0.717, 1.165) is 12.8 Å². The Morgan fingerprint density at radius 1 is 1.27 bits per heavy atom. The molecule has 0 radical (unpaired) electrons. The minimum Gasteiger partial charge on any atom is -0.497 e. The monoisotopic (exact) mass is 496 g/mol. The molecule has 2 aromatic rings. The summed E-state index contributed by atoms with van der Waals surface area (Å²) in [7, 11) is 1.55. The Kier molecular flexibility index (Phi) is 6.40. The Balaban J connectivity index is 1.55. The lowest BCUT2D eigenvalue weighted by molar-refractivity contribution is -0.750. The summed E-state index contributed by atoms with van der Waals surface area (Å²) < 4.78 is 4.96. The number of nitrogens with two attached hydrogens (primary N) is 1. The van der Waals surface area contributed by atoms with E-state index in [9.17, 15) is 9.59 Å². The Morgan fingerprint density at radius 2 is 2.11 bits per heavy atom. The van der Waals surface area contributed by atoms with Crippen LogP contribution in [0.15, 0.2) is 76.4 Å². The van der Waals surface area contributed by atoms with Gasteiger partial charge in [-0.1, -0.05) is 18.1 Å².